The molecular weight excluding hydrogens is 264 g/mol. The van der Waals surface area contributed by atoms with Gasteiger partial charge in [0.2, 0.25) is 0 Å². The van der Waals surface area contributed by atoms with Crippen molar-refractivity contribution in [2.75, 3.05) is 6.61 Å². The van der Waals surface area contributed by atoms with Gasteiger partial charge in [-0.15, -0.1) is 0 Å². The lowest BCUT2D eigenvalue weighted by Crippen LogP contribution is -2.05. The summed E-state index contributed by atoms with van der Waals surface area (Å²) < 4.78 is 5.69. The van der Waals surface area contributed by atoms with Crippen LogP contribution in [0.1, 0.15) is 44.1 Å². The van der Waals surface area contributed by atoms with E-state index in [9.17, 15) is 0 Å². The van der Waals surface area contributed by atoms with Gasteiger partial charge in [-0.05, 0) is 25.3 Å². The molecule has 2 rings (SSSR count). The summed E-state index contributed by atoms with van der Waals surface area (Å²) in [6.45, 7) is 3.10. The van der Waals surface area contributed by atoms with E-state index < -0.39 is 0 Å². The molecule has 0 aromatic heterocycles. The minimum Gasteiger partial charge on any atom is -0.493 e. The molecule has 0 radical (unpaired) electrons. The molecule has 1 nitrogen and oxygen atoms in total. The van der Waals surface area contributed by atoms with Crippen molar-refractivity contribution in [3.63, 3.8) is 0 Å². The van der Waals surface area contributed by atoms with Gasteiger partial charge in [0.05, 0.1) is 6.61 Å². The van der Waals surface area contributed by atoms with Crippen LogP contribution in [0.25, 0.3) is 0 Å². The first-order chi connectivity index (χ1) is 7.81. The molecule has 16 heavy (non-hydrogen) atoms. The Morgan fingerprint density at radius 1 is 1.38 bits per heavy atom. The van der Waals surface area contributed by atoms with Crippen molar-refractivity contribution in [1.82, 2.24) is 0 Å². The van der Waals surface area contributed by atoms with Gasteiger partial charge < -0.3 is 4.74 Å². The zero-order chi connectivity index (χ0) is 11.4. The number of benzene rings is 1. The number of hydrogen-bond donors (Lipinski definition) is 0. The maximum Gasteiger partial charge on any atom is 0.122 e. The maximum atomic E-state index is 5.69. The highest BCUT2D eigenvalue weighted by atomic mass is 79.9. The van der Waals surface area contributed by atoms with Gasteiger partial charge in [0.15, 0.2) is 0 Å². The first kappa shape index (κ1) is 12.0. The van der Waals surface area contributed by atoms with Gasteiger partial charge in [-0.2, -0.15) is 0 Å². The first-order valence-electron chi connectivity index (χ1n) is 6.17. The van der Waals surface area contributed by atoms with Crippen LogP contribution in [0, 0.1) is 0 Å². The quantitative estimate of drug-likeness (QED) is 0.723. The second-order valence-electron chi connectivity index (χ2n) is 4.51. The molecule has 0 spiro atoms. The van der Waals surface area contributed by atoms with Crippen LogP contribution in [0.5, 0.6) is 5.75 Å². The van der Waals surface area contributed by atoms with E-state index in [2.05, 4.69) is 41.1 Å². The highest BCUT2D eigenvalue weighted by molar-refractivity contribution is 9.09. The van der Waals surface area contributed by atoms with E-state index in [1.54, 1.807) is 0 Å². The van der Waals surface area contributed by atoms with Gasteiger partial charge in [0.25, 0.3) is 0 Å². The van der Waals surface area contributed by atoms with Gasteiger partial charge >= 0.3 is 0 Å². The van der Waals surface area contributed by atoms with Crippen LogP contribution in [0.15, 0.2) is 24.3 Å². The average Bonchev–Trinajstić information content (AvgIpc) is 2.70. The molecule has 2 atom stereocenters. The molecule has 0 saturated heterocycles. The molecule has 1 aromatic carbocycles. The summed E-state index contributed by atoms with van der Waals surface area (Å²) in [7, 11) is 0. The molecule has 1 aliphatic rings. The van der Waals surface area contributed by atoms with E-state index in [1.807, 2.05) is 6.07 Å². The molecule has 2 unspecified atom stereocenters. The minimum atomic E-state index is 0.605. The Labute approximate surface area is 106 Å². The highest BCUT2D eigenvalue weighted by Gasteiger charge is 2.23. The third kappa shape index (κ3) is 2.79. The zero-order valence-electron chi connectivity index (χ0n) is 9.79. The van der Waals surface area contributed by atoms with Crippen LogP contribution >= 0.6 is 15.9 Å². The van der Waals surface area contributed by atoms with E-state index in [0.29, 0.717) is 10.7 Å². The fourth-order valence-electron chi connectivity index (χ4n) is 2.31. The third-order valence-corrected chi connectivity index (χ3v) is 4.14. The smallest absolute Gasteiger partial charge is 0.122 e. The van der Waals surface area contributed by atoms with Gasteiger partial charge in [-0.3, -0.25) is 0 Å². The summed E-state index contributed by atoms with van der Waals surface area (Å²) >= 11 is 3.74. The normalized spacial score (nSPS) is 20.2. The number of halogens is 1. The number of hydrogen-bond acceptors (Lipinski definition) is 1. The largest absolute Gasteiger partial charge is 0.493 e. The second-order valence-corrected chi connectivity index (χ2v) is 5.80. The predicted octanol–water partition coefficient (Wildman–Crippen LogP) is 4.51. The second kappa shape index (κ2) is 5.72. The van der Waals surface area contributed by atoms with E-state index in [4.69, 9.17) is 4.74 Å². The molecule has 1 aliphatic heterocycles. The van der Waals surface area contributed by atoms with Crippen LogP contribution in [-0.2, 0) is 0 Å². The number of rotatable bonds is 5. The lowest BCUT2D eigenvalue weighted by atomic mass is 9.95. The molecule has 88 valence electrons. The van der Waals surface area contributed by atoms with Crippen molar-refractivity contribution < 1.29 is 4.74 Å². The van der Waals surface area contributed by atoms with Crippen molar-refractivity contribution in [3.8, 4) is 5.75 Å². The number of para-hydroxylation sites is 1. The van der Waals surface area contributed by atoms with E-state index in [0.717, 1.165) is 12.4 Å². The Morgan fingerprint density at radius 2 is 2.19 bits per heavy atom. The van der Waals surface area contributed by atoms with Crippen LogP contribution in [-0.4, -0.2) is 11.4 Å². The molecule has 2 heteroatoms. The topological polar surface area (TPSA) is 9.23 Å². The lowest BCUT2D eigenvalue weighted by molar-refractivity contribution is 0.322. The molecular formula is C14H19BrO. The van der Waals surface area contributed by atoms with Crippen molar-refractivity contribution in [2.24, 2.45) is 0 Å². The molecule has 1 heterocycles. The molecule has 0 bridgehead atoms. The molecule has 1 aromatic rings. The summed E-state index contributed by atoms with van der Waals surface area (Å²) in [4.78, 5) is 0.672. The maximum absolute atomic E-state index is 5.69. The Bertz CT molecular complexity index is 337. The SMILES string of the molecule is CCCC(Br)CCC1COc2ccccc21. The Morgan fingerprint density at radius 3 is 3.00 bits per heavy atom. The fraction of sp³-hybridized carbons (Fsp3) is 0.571. The average molecular weight is 283 g/mol. The van der Waals surface area contributed by atoms with Crippen molar-refractivity contribution in [3.05, 3.63) is 29.8 Å². The molecule has 0 fully saturated rings. The summed E-state index contributed by atoms with van der Waals surface area (Å²) in [5.74, 6) is 1.70. The van der Waals surface area contributed by atoms with Crippen LogP contribution in [0.3, 0.4) is 0 Å². The first-order valence-corrected chi connectivity index (χ1v) is 7.08. The minimum absolute atomic E-state index is 0.605. The number of fused-ring (bicyclic) bond motifs is 1. The standard InChI is InChI=1S/C14H19BrO/c1-2-5-12(15)9-8-11-10-16-14-7-4-3-6-13(11)14/h3-4,6-7,11-12H,2,5,8-10H2,1H3. The molecule has 0 amide bonds. The summed E-state index contributed by atoms with van der Waals surface area (Å²) in [6.07, 6.45) is 5.01. The van der Waals surface area contributed by atoms with Crippen LogP contribution in [0.4, 0.5) is 0 Å². The molecule has 0 aliphatic carbocycles. The number of ether oxygens (including phenoxy) is 1. The van der Waals surface area contributed by atoms with Gasteiger partial charge in [0.1, 0.15) is 5.75 Å². The predicted molar refractivity (Wildman–Crippen MR) is 71.5 cm³/mol. The summed E-state index contributed by atoms with van der Waals surface area (Å²) in [5.41, 5.74) is 1.40. The van der Waals surface area contributed by atoms with Crippen molar-refractivity contribution >= 4 is 15.9 Å². The van der Waals surface area contributed by atoms with E-state index in [1.165, 1.54) is 31.2 Å². The fourth-order valence-corrected chi connectivity index (χ4v) is 3.03. The van der Waals surface area contributed by atoms with Gasteiger partial charge in [-0.25, -0.2) is 0 Å². The molecule has 0 saturated carbocycles. The van der Waals surface area contributed by atoms with Crippen molar-refractivity contribution in [2.45, 2.75) is 43.4 Å². The van der Waals surface area contributed by atoms with Gasteiger partial charge in [-0.1, -0.05) is 47.5 Å². The summed E-state index contributed by atoms with van der Waals surface area (Å²) in [6, 6.07) is 8.44. The monoisotopic (exact) mass is 282 g/mol. The Balaban J connectivity index is 1.88. The Kier molecular flexibility index (Phi) is 4.28. The van der Waals surface area contributed by atoms with E-state index in [-0.39, 0.29) is 0 Å². The zero-order valence-corrected chi connectivity index (χ0v) is 11.4. The molecule has 0 N–H and O–H groups in total. The highest BCUT2D eigenvalue weighted by Crippen LogP contribution is 2.37. The lowest BCUT2D eigenvalue weighted by Gasteiger charge is -2.12. The van der Waals surface area contributed by atoms with Gasteiger partial charge in [0, 0.05) is 16.3 Å². The van der Waals surface area contributed by atoms with Crippen LogP contribution < -0.4 is 4.74 Å². The van der Waals surface area contributed by atoms with E-state index >= 15 is 0 Å². The van der Waals surface area contributed by atoms with Crippen molar-refractivity contribution in [1.29, 1.82) is 0 Å². The van der Waals surface area contributed by atoms with Crippen LogP contribution in [0.2, 0.25) is 0 Å². The number of alkyl halides is 1. The summed E-state index contributed by atoms with van der Waals surface area (Å²) in [5, 5.41) is 0. The third-order valence-electron chi connectivity index (χ3n) is 3.23. The Hall–Kier alpha value is -0.500.